The van der Waals surface area contributed by atoms with Crippen molar-refractivity contribution >= 4 is 11.3 Å². The molecule has 2 aliphatic carbocycles. The summed E-state index contributed by atoms with van der Waals surface area (Å²) in [5.74, 6) is 0.731. The Labute approximate surface area is 120 Å². The SMILES string of the molecule is CC(NC1CCC(CN)C1)c1nc2c(s1)CCCC2. The summed E-state index contributed by atoms with van der Waals surface area (Å²) in [5, 5.41) is 5.06. The fourth-order valence-corrected chi connectivity index (χ4v) is 4.59. The Morgan fingerprint density at radius 3 is 2.95 bits per heavy atom. The largest absolute Gasteiger partial charge is 0.330 e. The Kier molecular flexibility index (Phi) is 4.20. The highest BCUT2D eigenvalue weighted by Gasteiger charge is 2.26. The average Bonchev–Trinajstić information content (AvgIpc) is 3.04. The zero-order valence-electron chi connectivity index (χ0n) is 11.8. The molecule has 0 radical (unpaired) electrons. The highest BCUT2D eigenvalue weighted by molar-refractivity contribution is 7.11. The minimum absolute atomic E-state index is 0.400. The van der Waals surface area contributed by atoms with E-state index in [1.165, 1.54) is 55.6 Å². The summed E-state index contributed by atoms with van der Waals surface area (Å²) in [4.78, 5) is 6.41. The number of hydrogen-bond donors (Lipinski definition) is 2. The first-order valence-electron chi connectivity index (χ1n) is 7.71. The molecule has 1 aromatic heterocycles. The molecule has 0 bridgehead atoms. The molecule has 1 saturated carbocycles. The summed E-state index contributed by atoms with van der Waals surface area (Å²) in [7, 11) is 0. The Morgan fingerprint density at radius 2 is 2.21 bits per heavy atom. The minimum Gasteiger partial charge on any atom is -0.330 e. The van der Waals surface area contributed by atoms with Gasteiger partial charge in [-0.15, -0.1) is 11.3 Å². The molecule has 2 aliphatic rings. The lowest BCUT2D eigenvalue weighted by Crippen LogP contribution is -2.29. The molecule has 3 rings (SSSR count). The van der Waals surface area contributed by atoms with E-state index in [1.807, 2.05) is 11.3 Å². The number of nitrogens with two attached hydrogens (primary N) is 1. The maximum atomic E-state index is 5.77. The summed E-state index contributed by atoms with van der Waals surface area (Å²) in [6, 6.07) is 1.04. The quantitative estimate of drug-likeness (QED) is 0.891. The summed E-state index contributed by atoms with van der Waals surface area (Å²) in [6.07, 6.45) is 8.91. The molecule has 0 aromatic carbocycles. The number of aryl methyl sites for hydroxylation is 2. The lowest BCUT2D eigenvalue weighted by molar-refractivity contribution is 0.442. The molecule has 3 nitrogen and oxygen atoms in total. The van der Waals surface area contributed by atoms with E-state index in [9.17, 15) is 0 Å². The van der Waals surface area contributed by atoms with Crippen LogP contribution < -0.4 is 11.1 Å². The zero-order chi connectivity index (χ0) is 13.2. The number of thiazole rings is 1. The van der Waals surface area contributed by atoms with Gasteiger partial charge in [0.2, 0.25) is 0 Å². The van der Waals surface area contributed by atoms with E-state index in [0.717, 1.165) is 12.5 Å². The van der Waals surface area contributed by atoms with Crippen LogP contribution in [-0.4, -0.2) is 17.6 Å². The van der Waals surface area contributed by atoms with Gasteiger partial charge in [0.25, 0.3) is 0 Å². The molecule has 0 amide bonds. The molecular weight excluding hydrogens is 254 g/mol. The van der Waals surface area contributed by atoms with Crippen molar-refractivity contribution in [2.45, 2.75) is 64.0 Å². The number of aromatic nitrogens is 1. The summed E-state index contributed by atoms with van der Waals surface area (Å²) >= 11 is 1.94. The normalized spacial score (nSPS) is 28.3. The Morgan fingerprint density at radius 1 is 1.37 bits per heavy atom. The third kappa shape index (κ3) is 3.01. The monoisotopic (exact) mass is 279 g/mol. The molecule has 4 heteroatoms. The number of rotatable bonds is 4. The minimum atomic E-state index is 0.400. The van der Waals surface area contributed by atoms with Gasteiger partial charge < -0.3 is 11.1 Å². The second-order valence-electron chi connectivity index (χ2n) is 6.13. The smallest absolute Gasteiger partial charge is 0.110 e. The van der Waals surface area contributed by atoms with Crippen molar-refractivity contribution in [1.82, 2.24) is 10.3 Å². The van der Waals surface area contributed by atoms with Crippen LogP contribution in [0.5, 0.6) is 0 Å². The molecule has 3 N–H and O–H groups in total. The summed E-state index contributed by atoms with van der Waals surface area (Å²) in [5.41, 5.74) is 7.15. The van der Waals surface area contributed by atoms with E-state index in [0.29, 0.717) is 12.1 Å². The Bertz CT molecular complexity index is 406. The van der Waals surface area contributed by atoms with Crippen LogP contribution in [0.1, 0.15) is 60.6 Å². The van der Waals surface area contributed by atoms with Gasteiger partial charge in [-0.3, -0.25) is 0 Å². The molecular formula is C15H25N3S. The van der Waals surface area contributed by atoms with E-state index in [-0.39, 0.29) is 0 Å². The Balaban J connectivity index is 1.61. The Hall–Kier alpha value is -0.450. The van der Waals surface area contributed by atoms with Gasteiger partial charge in [-0.05, 0) is 64.3 Å². The first-order valence-corrected chi connectivity index (χ1v) is 8.52. The maximum absolute atomic E-state index is 5.77. The second-order valence-corrected chi connectivity index (χ2v) is 7.24. The molecule has 1 fully saturated rings. The van der Waals surface area contributed by atoms with E-state index < -0.39 is 0 Å². The van der Waals surface area contributed by atoms with Gasteiger partial charge in [0.15, 0.2) is 0 Å². The van der Waals surface area contributed by atoms with Gasteiger partial charge in [-0.1, -0.05) is 0 Å². The molecule has 0 spiro atoms. The van der Waals surface area contributed by atoms with Crippen molar-refractivity contribution in [2.24, 2.45) is 11.7 Å². The summed E-state index contributed by atoms with van der Waals surface area (Å²) in [6.45, 7) is 3.11. The van der Waals surface area contributed by atoms with Crippen LogP contribution >= 0.6 is 11.3 Å². The molecule has 1 aromatic rings. The summed E-state index contributed by atoms with van der Waals surface area (Å²) < 4.78 is 0. The molecule has 106 valence electrons. The van der Waals surface area contributed by atoms with Crippen LogP contribution in [-0.2, 0) is 12.8 Å². The predicted octanol–water partition coefficient (Wildman–Crippen LogP) is 2.80. The second kappa shape index (κ2) is 5.90. The molecule has 3 atom stereocenters. The van der Waals surface area contributed by atoms with Crippen LogP contribution in [0, 0.1) is 5.92 Å². The van der Waals surface area contributed by atoms with Gasteiger partial charge in [0.1, 0.15) is 5.01 Å². The number of hydrogen-bond acceptors (Lipinski definition) is 4. The average molecular weight is 279 g/mol. The number of fused-ring (bicyclic) bond motifs is 1. The van der Waals surface area contributed by atoms with E-state index in [1.54, 1.807) is 4.88 Å². The van der Waals surface area contributed by atoms with E-state index >= 15 is 0 Å². The van der Waals surface area contributed by atoms with Crippen molar-refractivity contribution in [3.63, 3.8) is 0 Å². The van der Waals surface area contributed by atoms with Crippen molar-refractivity contribution in [3.8, 4) is 0 Å². The topological polar surface area (TPSA) is 50.9 Å². The molecule has 0 saturated heterocycles. The third-order valence-electron chi connectivity index (χ3n) is 4.59. The lowest BCUT2D eigenvalue weighted by atomic mass is 10.0. The van der Waals surface area contributed by atoms with Crippen LogP contribution in [0.3, 0.4) is 0 Å². The highest BCUT2D eigenvalue weighted by Crippen LogP contribution is 2.31. The van der Waals surface area contributed by atoms with E-state index in [2.05, 4.69) is 12.2 Å². The van der Waals surface area contributed by atoms with Gasteiger partial charge in [0, 0.05) is 10.9 Å². The molecule has 0 aliphatic heterocycles. The first-order chi connectivity index (χ1) is 9.26. The van der Waals surface area contributed by atoms with Gasteiger partial charge >= 0.3 is 0 Å². The van der Waals surface area contributed by atoms with Crippen molar-refractivity contribution in [3.05, 3.63) is 15.6 Å². The van der Waals surface area contributed by atoms with Crippen LogP contribution in [0.2, 0.25) is 0 Å². The van der Waals surface area contributed by atoms with Crippen LogP contribution in [0.25, 0.3) is 0 Å². The van der Waals surface area contributed by atoms with E-state index in [4.69, 9.17) is 10.7 Å². The zero-order valence-corrected chi connectivity index (χ0v) is 12.6. The van der Waals surface area contributed by atoms with Gasteiger partial charge in [-0.2, -0.15) is 0 Å². The predicted molar refractivity (Wildman–Crippen MR) is 80.5 cm³/mol. The fraction of sp³-hybridized carbons (Fsp3) is 0.800. The molecule has 3 unspecified atom stereocenters. The van der Waals surface area contributed by atoms with Crippen molar-refractivity contribution < 1.29 is 0 Å². The van der Waals surface area contributed by atoms with Crippen LogP contribution in [0.4, 0.5) is 0 Å². The fourth-order valence-electron chi connectivity index (χ4n) is 3.42. The first kappa shape index (κ1) is 13.5. The third-order valence-corrected chi connectivity index (χ3v) is 5.93. The highest BCUT2D eigenvalue weighted by atomic mass is 32.1. The maximum Gasteiger partial charge on any atom is 0.110 e. The number of nitrogens with one attached hydrogen (secondary N) is 1. The van der Waals surface area contributed by atoms with Gasteiger partial charge in [0.05, 0.1) is 11.7 Å². The van der Waals surface area contributed by atoms with Crippen molar-refractivity contribution in [1.29, 1.82) is 0 Å². The lowest BCUT2D eigenvalue weighted by Gasteiger charge is -2.17. The molecule has 19 heavy (non-hydrogen) atoms. The standard InChI is InChI=1S/C15H25N3S/c1-10(17-12-7-6-11(8-12)9-16)15-18-13-4-2-3-5-14(13)19-15/h10-12,17H,2-9,16H2,1H3. The van der Waals surface area contributed by atoms with Crippen molar-refractivity contribution in [2.75, 3.05) is 6.54 Å². The van der Waals surface area contributed by atoms with Gasteiger partial charge in [-0.25, -0.2) is 4.98 Å². The van der Waals surface area contributed by atoms with Crippen LogP contribution in [0.15, 0.2) is 0 Å². The number of nitrogens with zero attached hydrogens (tertiary/aromatic N) is 1. The molecule has 1 heterocycles.